The lowest BCUT2D eigenvalue weighted by Gasteiger charge is -2.37. The van der Waals surface area contributed by atoms with Crippen LogP contribution in [0.4, 0.5) is 17.6 Å². The molecule has 3 aliphatic rings. The van der Waals surface area contributed by atoms with Crippen LogP contribution < -0.4 is 16.4 Å². The van der Waals surface area contributed by atoms with E-state index in [1.165, 1.54) is 50.0 Å². The second kappa shape index (κ2) is 9.01. The Kier molecular flexibility index (Phi) is 6.49. The molecule has 1 unspecified atom stereocenters. The van der Waals surface area contributed by atoms with Crippen LogP contribution in [-0.4, -0.2) is 59.9 Å². The molecule has 11 heteroatoms. The lowest BCUT2D eigenvalue weighted by Crippen LogP contribution is -2.53. The summed E-state index contributed by atoms with van der Waals surface area (Å²) in [5, 5.41) is 9.37. The largest absolute Gasteiger partial charge is 0.421 e. The number of hydrogen-bond donors (Lipinski definition) is 3. The van der Waals surface area contributed by atoms with Gasteiger partial charge < -0.3 is 15.5 Å². The van der Waals surface area contributed by atoms with Gasteiger partial charge in [-0.25, -0.2) is 9.38 Å². The van der Waals surface area contributed by atoms with Crippen molar-refractivity contribution < 1.29 is 17.6 Å². The third-order valence-electron chi connectivity index (χ3n) is 6.75. The highest BCUT2D eigenvalue weighted by atomic mass is 19.4. The van der Waals surface area contributed by atoms with Gasteiger partial charge in [-0.05, 0) is 25.2 Å². The van der Waals surface area contributed by atoms with E-state index in [1.807, 2.05) is 0 Å². The first-order valence-electron chi connectivity index (χ1n) is 11.2. The Morgan fingerprint density at radius 3 is 2.66 bits per heavy atom. The van der Waals surface area contributed by atoms with Crippen molar-refractivity contribution in [3.63, 3.8) is 0 Å². The summed E-state index contributed by atoms with van der Waals surface area (Å²) in [5.74, 6) is -1.24. The van der Waals surface area contributed by atoms with Crippen molar-refractivity contribution in [3.05, 3.63) is 29.4 Å². The van der Waals surface area contributed by atoms with E-state index in [2.05, 4.69) is 25.6 Å². The minimum absolute atomic E-state index is 0.276. The van der Waals surface area contributed by atoms with Crippen LogP contribution in [0.5, 0.6) is 0 Å². The standard InChI is InChI=1S/C21H31F4N7/c1-27-19-16(20(23,24)25)10-28-21(26,30-19)15-9-29-32(12-15)18-7-8-31(13-17(18)22)11-14-5-3-2-4-6-14/h9-10,12,14,17-18,27,30H,2-8,11,13,26H2,1H3/t17-,18-,21?/m1/s1. The van der Waals surface area contributed by atoms with Crippen LogP contribution in [-0.2, 0) is 5.79 Å². The first-order chi connectivity index (χ1) is 15.2. The number of piperidine rings is 1. The highest BCUT2D eigenvalue weighted by molar-refractivity contribution is 5.82. The van der Waals surface area contributed by atoms with E-state index in [-0.39, 0.29) is 5.82 Å². The van der Waals surface area contributed by atoms with Gasteiger partial charge in [0.25, 0.3) is 0 Å². The lowest BCUT2D eigenvalue weighted by molar-refractivity contribution is -0.0875. The summed E-state index contributed by atoms with van der Waals surface area (Å²) in [6, 6.07) is -0.437. The van der Waals surface area contributed by atoms with Gasteiger partial charge in [0.15, 0.2) is 0 Å². The predicted molar refractivity (Wildman–Crippen MR) is 113 cm³/mol. The van der Waals surface area contributed by atoms with Crippen LogP contribution in [0.1, 0.15) is 50.1 Å². The highest BCUT2D eigenvalue weighted by Crippen LogP contribution is 2.33. The van der Waals surface area contributed by atoms with Crippen molar-refractivity contribution in [2.75, 3.05) is 26.7 Å². The molecular weight excluding hydrogens is 426 g/mol. The summed E-state index contributed by atoms with van der Waals surface area (Å²) in [7, 11) is 1.37. The minimum Gasteiger partial charge on any atom is -0.374 e. The minimum atomic E-state index is -4.58. The average molecular weight is 458 g/mol. The van der Waals surface area contributed by atoms with E-state index in [0.29, 0.717) is 30.7 Å². The van der Waals surface area contributed by atoms with Crippen LogP contribution in [0.25, 0.3) is 0 Å². The number of nitrogens with zero attached hydrogens (tertiary/aromatic N) is 4. The molecule has 7 nitrogen and oxygen atoms in total. The zero-order valence-corrected chi connectivity index (χ0v) is 18.2. The van der Waals surface area contributed by atoms with Crippen molar-refractivity contribution in [3.8, 4) is 0 Å². The van der Waals surface area contributed by atoms with Crippen LogP contribution in [0.2, 0.25) is 0 Å². The molecule has 1 saturated carbocycles. The number of aliphatic imine (C=N–C) groups is 1. The van der Waals surface area contributed by atoms with Crippen LogP contribution in [0.3, 0.4) is 0 Å². The second-order valence-corrected chi connectivity index (χ2v) is 9.03. The molecule has 1 aromatic heterocycles. The van der Waals surface area contributed by atoms with Gasteiger partial charge >= 0.3 is 6.18 Å². The van der Waals surface area contributed by atoms with Crippen molar-refractivity contribution in [2.45, 2.75) is 62.7 Å². The van der Waals surface area contributed by atoms with Crippen LogP contribution >= 0.6 is 0 Å². The van der Waals surface area contributed by atoms with E-state index >= 15 is 4.39 Å². The molecule has 2 fully saturated rings. The SMILES string of the molecule is CNC1=C(C(F)(F)F)C=NC(N)(c2cnn([C@@H]3CCN(CC4CCCCC4)C[C@H]3F)c2)N1. The van der Waals surface area contributed by atoms with Crippen molar-refractivity contribution in [1.82, 2.24) is 25.3 Å². The smallest absolute Gasteiger partial charge is 0.374 e. The number of rotatable bonds is 5. The van der Waals surface area contributed by atoms with Gasteiger partial charge in [0.1, 0.15) is 17.6 Å². The Hall–Kier alpha value is -2.14. The quantitative estimate of drug-likeness (QED) is 0.593. The van der Waals surface area contributed by atoms with E-state index in [9.17, 15) is 13.2 Å². The predicted octanol–water partition coefficient (Wildman–Crippen LogP) is 2.78. The summed E-state index contributed by atoms with van der Waals surface area (Å²) in [6.07, 6.45) is 4.96. The van der Waals surface area contributed by atoms with Crippen molar-refractivity contribution in [2.24, 2.45) is 16.6 Å². The number of aromatic nitrogens is 2. The van der Waals surface area contributed by atoms with E-state index in [1.54, 1.807) is 6.20 Å². The molecule has 0 amide bonds. The molecule has 4 N–H and O–H groups in total. The Labute approximate surface area is 185 Å². The maximum atomic E-state index is 15.1. The zero-order valence-electron chi connectivity index (χ0n) is 18.2. The van der Waals surface area contributed by atoms with Gasteiger partial charge in [0.05, 0.1) is 17.8 Å². The number of nitrogens with one attached hydrogen (secondary N) is 2. The summed E-state index contributed by atoms with van der Waals surface area (Å²) < 4.78 is 56.1. The number of hydrogen-bond acceptors (Lipinski definition) is 6. The van der Waals surface area contributed by atoms with E-state index < -0.39 is 29.7 Å². The topological polar surface area (TPSA) is 83.5 Å². The number of halogens is 4. The Morgan fingerprint density at radius 2 is 2.00 bits per heavy atom. The normalized spacial score (nSPS) is 30.4. The van der Waals surface area contributed by atoms with E-state index in [0.717, 1.165) is 13.1 Å². The lowest BCUT2D eigenvalue weighted by atomic mass is 9.88. The third-order valence-corrected chi connectivity index (χ3v) is 6.75. The first-order valence-corrected chi connectivity index (χ1v) is 11.2. The highest BCUT2D eigenvalue weighted by Gasteiger charge is 2.42. The summed E-state index contributed by atoms with van der Waals surface area (Å²) in [6.45, 7) is 2.10. The molecule has 2 aliphatic heterocycles. The zero-order chi connectivity index (χ0) is 22.9. The molecule has 0 radical (unpaired) electrons. The first kappa shape index (κ1) is 23.0. The van der Waals surface area contributed by atoms with Gasteiger partial charge in [-0.3, -0.25) is 10.4 Å². The molecule has 0 spiro atoms. The Bertz CT molecular complexity index is 859. The molecule has 0 aromatic carbocycles. The van der Waals surface area contributed by atoms with Crippen LogP contribution in [0.15, 0.2) is 28.8 Å². The molecule has 0 bridgehead atoms. The summed E-state index contributed by atoms with van der Waals surface area (Å²) in [5.41, 5.74) is 5.67. The molecule has 1 saturated heterocycles. The number of allylic oxidation sites excluding steroid dienone is 1. The molecule has 3 atom stereocenters. The van der Waals surface area contributed by atoms with Gasteiger partial charge in [-0.1, -0.05) is 19.3 Å². The molecule has 32 heavy (non-hydrogen) atoms. The summed E-state index contributed by atoms with van der Waals surface area (Å²) >= 11 is 0. The Morgan fingerprint density at radius 1 is 1.25 bits per heavy atom. The maximum absolute atomic E-state index is 15.1. The Balaban J connectivity index is 1.42. The molecule has 178 valence electrons. The average Bonchev–Trinajstić information content (AvgIpc) is 3.24. The van der Waals surface area contributed by atoms with Crippen molar-refractivity contribution >= 4 is 6.21 Å². The fourth-order valence-electron chi connectivity index (χ4n) is 4.95. The van der Waals surface area contributed by atoms with Crippen LogP contribution in [0, 0.1) is 5.92 Å². The second-order valence-electron chi connectivity index (χ2n) is 9.03. The fraction of sp³-hybridized carbons (Fsp3) is 0.714. The molecule has 1 aromatic rings. The van der Waals surface area contributed by atoms with E-state index in [4.69, 9.17) is 5.73 Å². The van der Waals surface area contributed by atoms with Gasteiger partial charge in [-0.15, -0.1) is 0 Å². The van der Waals surface area contributed by atoms with Gasteiger partial charge in [-0.2, -0.15) is 18.3 Å². The molecule has 4 rings (SSSR count). The third kappa shape index (κ3) is 4.78. The molecular formula is C21H31F4N7. The maximum Gasteiger partial charge on any atom is 0.421 e. The number of alkyl halides is 4. The molecule has 3 heterocycles. The van der Waals surface area contributed by atoms with Gasteiger partial charge in [0, 0.05) is 39.1 Å². The summed E-state index contributed by atoms with van der Waals surface area (Å²) in [4.78, 5) is 6.11. The fourth-order valence-corrected chi connectivity index (χ4v) is 4.95. The van der Waals surface area contributed by atoms with Crippen molar-refractivity contribution in [1.29, 1.82) is 0 Å². The number of nitrogens with two attached hydrogens (primary N) is 1. The monoisotopic (exact) mass is 457 g/mol. The number of likely N-dealkylation sites (tertiary alicyclic amines) is 1. The molecule has 1 aliphatic carbocycles. The van der Waals surface area contributed by atoms with Gasteiger partial charge in [0.2, 0.25) is 5.79 Å².